The van der Waals surface area contributed by atoms with Crippen molar-refractivity contribution < 1.29 is 29.2 Å². The Morgan fingerprint density at radius 3 is 2.68 bits per heavy atom. The van der Waals surface area contributed by atoms with E-state index in [1.165, 1.54) is 11.0 Å². The molecule has 2 heterocycles. The number of aromatic hydroxyl groups is 1. The molecule has 10 nitrogen and oxygen atoms in total. The maximum Gasteiger partial charge on any atom is 0.312 e. The number of nitrogens with zero attached hydrogens (tertiary/aromatic N) is 3. The summed E-state index contributed by atoms with van der Waals surface area (Å²) in [4.78, 5) is 49.4. The number of phenolic OH excluding ortho intramolecular Hbond substituents is 1. The first-order valence-corrected chi connectivity index (χ1v) is 9.25. The number of amides is 3. The first kappa shape index (κ1) is 20.1. The normalized spacial score (nSPS) is 18.8. The van der Waals surface area contributed by atoms with Crippen LogP contribution in [0.2, 0.25) is 5.02 Å². The number of phenols is 1. The molecule has 0 saturated carbocycles. The van der Waals surface area contributed by atoms with Gasteiger partial charge in [0.15, 0.2) is 0 Å². The molecule has 2 saturated heterocycles. The molecule has 148 valence electrons. The molecule has 0 unspecified atom stereocenters. The molecule has 3 rings (SSSR count). The number of rotatable bonds is 4. The summed E-state index contributed by atoms with van der Waals surface area (Å²) in [5.41, 5.74) is -0.704. The number of morpholine rings is 1. The number of benzene rings is 1. The monoisotopic (exact) mass is 427 g/mol. The number of hydrogen-bond acceptors (Lipinski definition) is 8. The fourth-order valence-electron chi connectivity index (χ4n) is 2.68. The summed E-state index contributed by atoms with van der Waals surface area (Å²) in [5.74, 6) is -1.78. The van der Waals surface area contributed by atoms with Gasteiger partial charge in [-0.15, -0.1) is 0 Å². The van der Waals surface area contributed by atoms with Crippen molar-refractivity contribution >= 4 is 52.2 Å². The quantitative estimate of drug-likeness (QED) is 0.437. The van der Waals surface area contributed by atoms with Crippen molar-refractivity contribution in [3.63, 3.8) is 0 Å². The molecule has 28 heavy (non-hydrogen) atoms. The van der Waals surface area contributed by atoms with Crippen LogP contribution >= 0.6 is 23.4 Å². The van der Waals surface area contributed by atoms with Crippen molar-refractivity contribution in [2.45, 2.75) is 0 Å². The molecule has 12 heteroatoms. The van der Waals surface area contributed by atoms with Gasteiger partial charge in [0.2, 0.25) is 11.7 Å². The topological polar surface area (TPSA) is 130 Å². The third-order valence-electron chi connectivity index (χ3n) is 4.10. The summed E-state index contributed by atoms with van der Waals surface area (Å²) < 4.78 is 5.16. The number of carbonyl (C=O) groups is 3. The molecule has 0 spiro atoms. The van der Waals surface area contributed by atoms with Crippen LogP contribution < -0.4 is 0 Å². The summed E-state index contributed by atoms with van der Waals surface area (Å²) in [6.45, 7) is 1.13. The zero-order chi connectivity index (χ0) is 20.4. The second kappa shape index (κ2) is 8.17. The molecular weight excluding hydrogens is 414 g/mol. The van der Waals surface area contributed by atoms with E-state index in [1.807, 2.05) is 0 Å². The van der Waals surface area contributed by atoms with Gasteiger partial charge in [-0.3, -0.25) is 29.4 Å². The molecule has 0 radical (unpaired) electrons. The fourth-order valence-corrected chi connectivity index (χ4v) is 3.73. The van der Waals surface area contributed by atoms with Gasteiger partial charge in [-0.05, 0) is 23.9 Å². The Hall–Kier alpha value is -2.63. The minimum atomic E-state index is -0.814. The van der Waals surface area contributed by atoms with Crippen molar-refractivity contribution in [2.24, 2.45) is 0 Å². The van der Waals surface area contributed by atoms with Crippen LogP contribution in [0.3, 0.4) is 0 Å². The molecule has 1 aromatic carbocycles. The number of imide groups is 1. The molecule has 0 atom stereocenters. The van der Waals surface area contributed by atoms with E-state index in [0.717, 1.165) is 17.0 Å². The second-order valence-corrected chi connectivity index (χ2v) is 7.31. The third kappa shape index (κ3) is 4.11. The molecule has 0 aliphatic carbocycles. The lowest BCUT2D eigenvalue weighted by Gasteiger charge is -2.28. The van der Waals surface area contributed by atoms with Crippen molar-refractivity contribution in [2.75, 3.05) is 32.8 Å². The van der Waals surface area contributed by atoms with Gasteiger partial charge < -0.3 is 14.7 Å². The maximum atomic E-state index is 12.5. The van der Waals surface area contributed by atoms with Crippen LogP contribution in [0, 0.1) is 10.1 Å². The highest BCUT2D eigenvalue weighted by atomic mass is 35.5. The smallest absolute Gasteiger partial charge is 0.312 e. The van der Waals surface area contributed by atoms with Crippen molar-refractivity contribution in [1.29, 1.82) is 0 Å². The SMILES string of the molecule is O=C(CN1C(=O)S/C(=C/c2cc(Cl)cc([N+](=O)[O-])c2O)C1=O)N1CCOCC1. The second-order valence-electron chi connectivity index (χ2n) is 5.88. The summed E-state index contributed by atoms with van der Waals surface area (Å²) in [6, 6.07) is 2.21. The van der Waals surface area contributed by atoms with E-state index in [2.05, 4.69) is 0 Å². The fraction of sp³-hybridized carbons (Fsp3) is 0.312. The van der Waals surface area contributed by atoms with Crippen molar-refractivity contribution in [3.05, 3.63) is 37.7 Å². The Morgan fingerprint density at radius 2 is 2.04 bits per heavy atom. The summed E-state index contributed by atoms with van der Waals surface area (Å²) in [5, 5.41) is 20.4. The Bertz CT molecular complexity index is 898. The molecule has 2 aliphatic heterocycles. The Labute approximate surface area is 167 Å². The van der Waals surface area contributed by atoms with Gasteiger partial charge in [0.05, 0.1) is 23.0 Å². The van der Waals surface area contributed by atoms with E-state index in [1.54, 1.807) is 0 Å². The third-order valence-corrected chi connectivity index (χ3v) is 5.22. The highest BCUT2D eigenvalue weighted by Crippen LogP contribution is 2.38. The van der Waals surface area contributed by atoms with Crippen LogP contribution in [-0.2, 0) is 14.3 Å². The Morgan fingerprint density at radius 1 is 1.36 bits per heavy atom. The average molecular weight is 428 g/mol. The van der Waals surface area contributed by atoms with Gasteiger partial charge >= 0.3 is 5.69 Å². The summed E-state index contributed by atoms with van der Waals surface area (Å²) in [6.07, 6.45) is 1.14. The van der Waals surface area contributed by atoms with Crippen LogP contribution in [0.1, 0.15) is 5.56 Å². The number of carbonyl (C=O) groups excluding carboxylic acids is 3. The summed E-state index contributed by atoms with van der Waals surface area (Å²) >= 11 is 6.40. The lowest BCUT2D eigenvalue weighted by atomic mass is 10.1. The molecular formula is C16H14ClN3O7S. The van der Waals surface area contributed by atoms with Gasteiger partial charge in [-0.2, -0.15) is 0 Å². The standard InChI is InChI=1S/C16H14ClN3O7S/c17-10-5-9(14(22)11(7-10)20(25)26)6-12-15(23)19(16(24)28-12)8-13(21)18-1-3-27-4-2-18/h5-7,22H,1-4,8H2/b12-6+. The Kier molecular flexibility index (Phi) is 5.87. The van der Waals surface area contributed by atoms with Crippen molar-refractivity contribution in [3.8, 4) is 5.75 Å². The molecule has 0 bridgehead atoms. The maximum absolute atomic E-state index is 12.5. The summed E-state index contributed by atoms with van der Waals surface area (Å²) in [7, 11) is 0. The molecule has 3 amide bonds. The minimum Gasteiger partial charge on any atom is -0.502 e. The number of halogens is 1. The van der Waals surface area contributed by atoms with E-state index >= 15 is 0 Å². The van der Waals surface area contributed by atoms with Gasteiger partial charge in [0.1, 0.15) is 6.54 Å². The van der Waals surface area contributed by atoms with Crippen molar-refractivity contribution in [1.82, 2.24) is 9.80 Å². The molecule has 2 aliphatic rings. The van der Waals surface area contributed by atoms with E-state index < -0.39 is 34.1 Å². The molecule has 1 N–H and O–H groups in total. The lowest BCUT2D eigenvalue weighted by Crippen LogP contribution is -2.46. The molecule has 2 fully saturated rings. The van der Waals surface area contributed by atoms with Crippen LogP contribution in [-0.4, -0.2) is 69.7 Å². The largest absolute Gasteiger partial charge is 0.502 e. The minimum absolute atomic E-state index is 0.0162. The zero-order valence-electron chi connectivity index (χ0n) is 14.3. The first-order chi connectivity index (χ1) is 13.3. The number of thioether (sulfide) groups is 1. The van der Waals surface area contributed by atoms with E-state index in [-0.39, 0.29) is 21.4 Å². The predicted octanol–water partition coefficient (Wildman–Crippen LogP) is 1.85. The first-order valence-electron chi connectivity index (χ1n) is 8.05. The number of nitro benzene ring substituents is 1. The number of hydrogen-bond donors (Lipinski definition) is 1. The highest BCUT2D eigenvalue weighted by molar-refractivity contribution is 8.18. The highest BCUT2D eigenvalue weighted by Gasteiger charge is 2.37. The van der Waals surface area contributed by atoms with Gasteiger partial charge in [-0.25, -0.2) is 0 Å². The van der Waals surface area contributed by atoms with Crippen LogP contribution in [0.15, 0.2) is 17.0 Å². The molecule has 1 aromatic rings. The predicted molar refractivity (Wildman–Crippen MR) is 99.8 cm³/mol. The van der Waals surface area contributed by atoms with Gasteiger partial charge in [0.25, 0.3) is 11.1 Å². The van der Waals surface area contributed by atoms with E-state index in [9.17, 15) is 29.6 Å². The van der Waals surface area contributed by atoms with Crippen LogP contribution in [0.25, 0.3) is 6.08 Å². The molecule has 0 aromatic heterocycles. The lowest BCUT2D eigenvalue weighted by molar-refractivity contribution is -0.385. The number of nitro groups is 1. The zero-order valence-corrected chi connectivity index (χ0v) is 15.9. The van der Waals surface area contributed by atoms with E-state index in [0.29, 0.717) is 38.1 Å². The van der Waals surface area contributed by atoms with Crippen LogP contribution in [0.4, 0.5) is 10.5 Å². The van der Waals surface area contributed by atoms with Gasteiger partial charge in [-0.1, -0.05) is 11.6 Å². The van der Waals surface area contributed by atoms with Crippen LogP contribution in [0.5, 0.6) is 5.75 Å². The average Bonchev–Trinajstić information content (AvgIpc) is 2.92. The Balaban J connectivity index is 1.81. The van der Waals surface area contributed by atoms with Gasteiger partial charge in [0, 0.05) is 29.7 Å². The van der Waals surface area contributed by atoms with E-state index in [4.69, 9.17) is 16.3 Å². The number of ether oxygens (including phenoxy) is 1.